The van der Waals surface area contributed by atoms with E-state index in [-0.39, 0.29) is 24.8 Å². The van der Waals surface area contributed by atoms with Gasteiger partial charge in [-0.25, -0.2) is 19.9 Å². The van der Waals surface area contributed by atoms with Gasteiger partial charge in [0.1, 0.15) is 11.5 Å². The predicted molar refractivity (Wildman–Crippen MR) is 318 cm³/mol. The van der Waals surface area contributed by atoms with Crippen LogP contribution in [0.15, 0.2) is 135 Å². The fourth-order valence-corrected chi connectivity index (χ4v) is 9.98. The maximum Gasteiger partial charge on any atom is 0.247 e. The second kappa shape index (κ2) is 24.1. The Kier molecular flexibility index (Phi) is 17.1. The summed E-state index contributed by atoms with van der Waals surface area (Å²) in [6, 6.07) is 28.0. The molecule has 0 spiro atoms. The van der Waals surface area contributed by atoms with Crippen LogP contribution in [0.25, 0.3) is 44.3 Å². The zero-order valence-corrected chi connectivity index (χ0v) is 45.1. The number of hydrogen-bond acceptors (Lipinski definition) is 14. The number of nitrogens with one attached hydrogen (secondary N) is 5. The first-order valence-corrected chi connectivity index (χ1v) is 25.6. The quantitative estimate of drug-likeness (QED) is 0.0428. The lowest BCUT2D eigenvalue weighted by molar-refractivity contribution is -0.112. The summed E-state index contributed by atoms with van der Waals surface area (Å²) in [4.78, 5) is 54.7. The van der Waals surface area contributed by atoms with E-state index in [1.165, 1.54) is 42.3 Å². The Bertz CT molecular complexity index is 3440. The lowest BCUT2D eigenvalue weighted by Crippen LogP contribution is -2.58. The van der Waals surface area contributed by atoms with Crippen LogP contribution in [0.1, 0.15) is 26.7 Å². The smallest absolute Gasteiger partial charge is 0.247 e. The summed E-state index contributed by atoms with van der Waals surface area (Å²) < 4.78 is 13.9. The number of carbonyl (C=O) groups excluding carboxylic acids is 2. The Morgan fingerprint density at radius 2 is 1.15 bits per heavy atom. The number of rotatable bonds is 21. The van der Waals surface area contributed by atoms with Crippen molar-refractivity contribution in [1.29, 1.82) is 0 Å². The number of anilines is 8. The van der Waals surface area contributed by atoms with Crippen LogP contribution < -0.4 is 40.5 Å². The van der Waals surface area contributed by atoms with Gasteiger partial charge in [0, 0.05) is 116 Å². The van der Waals surface area contributed by atoms with E-state index in [4.69, 9.17) is 19.4 Å². The van der Waals surface area contributed by atoms with Crippen molar-refractivity contribution in [1.82, 2.24) is 39.3 Å². The van der Waals surface area contributed by atoms with Crippen molar-refractivity contribution in [2.45, 2.75) is 32.2 Å². The molecule has 8 aromatic rings. The van der Waals surface area contributed by atoms with Gasteiger partial charge >= 0.3 is 0 Å². The molecule has 0 unspecified atom stereocenters. The van der Waals surface area contributed by atoms with Crippen molar-refractivity contribution in [3.8, 4) is 34.0 Å². The summed E-state index contributed by atoms with van der Waals surface area (Å²) in [5, 5.41) is 14.7. The highest BCUT2D eigenvalue weighted by Crippen LogP contribution is 2.63. The predicted octanol–water partition coefficient (Wildman–Crippen LogP) is 10.6. The molecule has 4 aromatic heterocycles. The van der Waals surface area contributed by atoms with E-state index in [1.807, 2.05) is 103 Å². The van der Waals surface area contributed by atoms with E-state index in [1.54, 1.807) is 26.6 Å². The minimum Gasteiger partial charge on any atom is -0.494 e. The molecule has 4 heterocycles. The number of methoxy groups -OCH3 is 2. The zero-order chi connectivity index (χ0) is 54.4. The van der Waals surface area contributed by atoms with Gasteiger partial charge in [0.15, 0.2) is 0 Å². The van der Waals surface area contributed by atoms with Crippen LogP contribution in [0, 0.1) is 5.92 Å². The minimum atomic E-state index is -0.300. The Labute approximate surface area is 457 Å². The van der Waals surface area contributed by atoms with Crippen molar-refractivity contribution in [2.75, 3.05) is 114 Å². The van der Waals surface area contributed by atoms with Crippen molar-refractivity contribution < 1.29 is 19.1 Å². The molecule has 4 aromatic carbocycles. The molecule has 0 saturated heterocycles. The zero-order valence-electron chi connectivity index (χ0n) is 45.1. The second-order valence-corrected chi connectivity index (χ2v) is 20.1. The molecule has 406 valence electrons. The summed E-state index contributed by atoms with van der Waals surface area (Å²) in [6.07, 6.45) is 14.0. The SMILES string of the molecule is C.C=CC(=O)Nc1cc(Nc2nccc(-c3c[nH]c4ccccc34)n2)c(OC)cc1N(C)CCN(C)C.C=CC(=O)Nc1cc(Nc2nccc(-c3cn(C45CC(C4)C5)c4ccccc34)n2)c(OC)cc1N(C)CCN(C)C. The largest absolute Gasteiger partial charge is 0.494 e. The van der Waals surface area contributed by atoms with Crippen molar-refractivity contribution in [2.24, 2.45) is 5.92 Å². The van der Waals surface area contributed by atoms with Gasteiger partial charge < -0.3 is 59.9 Å². The van der Waals surface area contributed by atoms with Crippen LogP contribution in [0.4, 0.5) is 46.0 Å². The summed E-state index contributed by atoms with van der Waals surface area (Å²) in [6.45, 7) is 10.4. The number of amides is 2. The molecule has 78 heavy (non-hydrogen) atoms. The molecule has 3 aliphatic carbocycles. The van der Waals surface area contributed by atoms with Crippen LogP contribution >= 0.6 is 0 Å². The first-order valence-electron chi connectivity index (χ1n) is 25.6. The molecule has 3 fully saturated rings. The third kappa shape index (κ3) is 11.9. The molecule has 11 rings (SSSR count). The number of likely N-dealkylation sites (N-methyl/N-ethyl adjacent to an activating group) is 4. The van der Waals surface area contributed by atoms with E-state index < -0.39 is 0 Å². The fourth-order valence-electron chi connectivity index (χ4n) is 9.98. The lowest BCUT2D eigenvalue weighted by Gasteiger charge is -2.62. The molecule has 2 bridgehead atoms. The summed E-state index contributed by atoms with van der Waals surface area (Å²) in [5.41, 5.74) is 10.5. The van der Waals surface area contributed by atoms with E-state index in [0.29, 0.717) is 46.1 Å². The van der Waals surface area contributed by atoms with Crippen molar-refractivity contribution in [3.63, 3.8) is 0 Å². The van der Waals surface area contributed by atoms with Crippen molar-refractivity contribution in [3.05, 3.63) is 135 Å². The first-order chi connectivity index (χ1) is 37.2. The molecule has 2 amide bonds. The number of aromatic amines is 1. The number of fused-ring (bicyclic) bond motifs is 2. The van der Waals surface area contributed by atoms with Crippen molar-refractivity contribution >= 4 is 79.6 Å². The molecule has 18 nitrogen and oxygen atoms in total. The Morgan fingerprint density at radius 3 is 1.63 bits per heavy atom. The number of aromatic nitrogens is 6. The van der Waals surface area contributed by atoms with E-state index in [0.717, 1.165) is 76.9 Å². The summed E-state index contributed by atoms with van der Waals surface area (Å²) in [5.74, 6) is 2.36. The highest BCUT2D eigenvalue weighted by molar-refractivity contribution is 6.03. The van der Waals surface area contributed by atoms with Gasteiger partial charge in [-0.2, -0.15) is 0 Å². The number of para-hydroxylation sites is 2. The van der Waals surface area contributed by atoms with Gasteiger partial charge in [-0.3, -0.25) is 9.59 Å². The monoisotopic (exact) mass is 1050 g/mol. The van der Waals surface area contributed by atoms with E-state index in [9.17, 15) is 9.59 Å². The average molecular weight is 1050 g/mol. The molecular formula is C60H72N14O4. The standard InChI is InChI=1S/C32H37N7O2.C27H31N7O2.CH4/c1-6-30(40)34-25-15-26(29(41-5)16-28(25)38(4)14-13-37(2)3)36-31-33-12-11-24(35-31)23-20-39(32-17-21(18-32)19-32)27-10-8-7-9-22(23)27;1-6-26(35)30-22-15-23(25(36-5)16-24(22)34(4)14-13-33(2)3)32-27-28-12-11-21(31-27)19-17-29-20-10-8-7-9-18(19)20;/h6-12,15-16,20-21H,1,13-14,17-19H2,2-5H3,(H,34,40)(H,33,35,36);6-12,15-17,29H,1,13-14H2,2-5H3,(H,30,35)(H,28,31,32);1H4. The van der Waals surface area contributed by atoms with Crippen LogP contribution in [0.2, 0.25) is 0 Å². The lowest BCUT2D eigenvalue weighted by atomic mass is 9.49. The normalized spacial score (nSPS) is 15.0. The van der Waals surface area contributed by atoms with Gasteiger partial charge in [-0.05, 0) is 102 Å². The Hall–Kier alpha value is -8.74. The fraction of sp³-hybridized carbons (Fsp3) is 0.300. The van der Waals surface area contributed by atoms with Crippen LogP contribution in [0.5, 0.6) is 11.5 Å². The molecular weight excluding hydrogens is 981 g/mol. The molecule has 0 aliphatic heterocycles. The maximum atomic E-state index is 12.3. The number of carbonyl (C=O) groups is 2. The van der Waals surface area contributed by atoms with Crippen LogP contribution in [-0.4, -0.2) is 134 Å². The molecule has 0 atom stereocenters. The number of nitrogens with zero attached hydrogens (tertiary/aromatic N) is 9. The van der Waals surface area contributed by atoms with Gasteiger partial charge in [-0.15, -0.1) is 0 Å². The number of benzene rings is 4. The minimum absolute atomic E-state index is 0. The topological polar surface area (TPSA) is 186 Å². The van der Waals surface area contributed by atoms with E-state index in [2.05, 4.69) is 110 Å². The Balaban J connectivity index is 0.000000205. The number of H-pyrrole nitrogens is 1. The maximum absolute atomic E-state index is 12.3. The highest BCUT2D eigenvalue weighted by Gasteiger charge is 2.58. The summed E-state index contributed by atoms with van der Waals surface area (Å²) in [7, 11) is 15.3. The molecule has 18 heteroatoms. The second-order valence-electron chi connectivity index (χ2n) is 20.1. The van der Waals surface area contributed by atoms with E-state index >= 15 is 0 Å². The van der Waals surface area contributed by atoms with Gasteiger partial charge in [0.2, 0.25) is 23.7 Å². The number of ether oxygens (including phenoxy) is 2. The first kappa shape index (κ1) is 55.5. The Morgan fingerprint density at radius 1 is 0.667 bits per heavy atom. The third-order valence-corrected chi connectivity index (χ3v) is 14.3. The molecule has 0 radical (unpaired) electrons. The van der Waals surface area contributed by atoms with Crippen LogP contribution in [0.3, 0.4) is 0 Å². The molecule has 3 aliphatic rings. The third-order valence-electron chi connectivity index (χ3n) is 14.3. The van der Waals surface area contributed by atoms with Gasteiger partial charge in [-0.1, -0.05) is 57.0 Å². The average Bonchev–Trinajstić information content (AvgIpc) is 4.20. The molecule has 5 N–H and O–H groups in total. The van der Waals surface area contributed by atoms with Gasteiger partial charge in [0.05, 0.1) is 59.7 Å². The van der Waals surface area contributed by atoms with Crippen LogP contribution in [-0.2, 0) is 15.1 Å². The number of hydrogen-bond donors (Lipinski definition) is 5. The highest BCUT2D eigenvalue weighted by atomic mass is 16.5. The summed E-state index contributed by atoms with van der Waals surface area (Å²) >= 11 is 0. The van der Waals surface area contributed by atoms with Gasteiger partial charge in [0.25, 0.3) is 0 Å². The molecule has 3 saturated carbocycles.